The van der Waals surface area contributed by atoms with Crippen LogP contribution in [0.2, 0.25) is 0 Å². The van der Waals surface area contributed by atoms with Crippen molar-refractivity contribution in [3.63, 3.8) is 0 Å². The lowest BCUT2D eigenvalue weighted by atomic mass is 10.2. The monoisotopic (exact) mass is 415 g/mol. The smallest absolute Gasteiger partial charge is 0.338 e. The summed E-state index contributed by atoms with van der Waals surface area (Å²) >= 11 is 0. The van der Waals surface area contributed by atoms with E-state index in [1.807, 2.05) is 61.5 Å². The Morgan fingerprint density at radius 3 is 2.45 bits per heavy atom. The van der Waals surface area contributed by atoms with Gasteiger partial charge in [0.2, 0.25) is 5.91 Å². The highest BCUT2D eigenvalue weighted by atomic mass is 16.5. The van der Waals surface area contributed by atoms with Gasteiger partial charge in [0, 0.05) is 11.8 Å². The first-order chi connectivity index (χ1) is 15.1. The van der Waals surface area contributed by atoms with Crippen LogP contribution in [0.15, 0.2) is 84.9 Å². The van der Waals surface area contributed by atoms with Crippen LogP contribution in [0.4, 0.5) is 5.69 Å². The number of hydrogen-bond acceptors (Lipinski definition) is 4. The molecule has 0 saturated heterocycles. The molecule has 0 atom stereocenters. The van der Waals surface area contributed by atoms with Crippen LogP contribution in [-0.2, 0) is 16.1 Å². The van der Waals surface area contributed by atoms with Gasteiger partial charge in [0.25, 0.3) is 0 Å². The van der Waals surface area contributed by atoms with Gasteiger partial charge in [0.1, 0.15) is 12.4 Å². The number of amides is 1. The fourth-order valence-electron chi connectivity index (χ4n) is 2.77. The molecule has 0 saturated carbocycles. The van der Waals surface area contributed by atoms with E-state index in [4.69, 9.17) is 9.47 Å². The zero-order valence-corrected chi connectivity index (χ0v) is 17.4. The second kappa shape index (κ2) is 11.4. The minimum absolute atomic E-state index is 0.288. The number of carbonyl (C=O) groups excluding carboxylic acids is 2. The van der Waals surface area contributed by atoms with Crippen LogP contribution in [-0.4, -0.2) is 18.5 Å². The van der Waals surface area contributed by atoms with Crippen molar-refractivity contribution in [2.75, 3.05) is 11.9 Å². The lowest BCUT2D eigenvalue weighted by Crippen LogP contribution is -2.10. The second-order valence-corrected chi connectivity index (χ2v) is 6.88. The predicted molar refractivity (Wildman–Crippen MR) is 122 cm³/mol. The summed E-state index contributed by atoms with van der Waals surface area (Å²) < 4.78 is 10.9. The van der Waals surface area contributed by atoms with Crippen LogP contribution in [0, 0.1) is 0 Å². The molecule has 0 radical (unpaired) electrons. The van der Waals surface area contributed by atoms with Crippen LogP contribution < -0.4 is 10.1 Å². The zero-order valence-electron chi connectivity index (χ0n) is 17.4. The number of benzene rings is 3. The van der Waals surface area contributed by atoms with Crippen molar-refractivity contribution in [1.29, 1.82) is 0 Å². The molecule has 0 heterocycles. The molecule has 0 aromatic heterocycles. The molecule has 0 fully saturated rings. The van der Waals surface area contributed by atoms with Gasteiger partial charge in [0.05, 0.1) is 12.2 Å². The molecule has 3 aromatic carbocycles. The lowest BCUT2D eigenvalue weighted by Gasteiger charge is -2.07. The van der Waals surface area contributed by atoms with E-state index in [1.54, 1.807) is 30.3 Å². The fraction of sp³-hybridized carbons (Fsp3) is 0.154. The molecule has 0 aliphatic heterocycles. The maximum absolute atomic E-state index is 12.2. The number of ether oxygens (including phenoxy) is 2. The van der Waals surface area contributed by atoms with Crippen molar-refractivity contribution in [3.8, 4) is 5.75 Å². The molecular weight excluding hydrogens is 390 g/mol. The summed E-state index contributed by atoms with van der Waals surface area (Å²) in [6, 6.07) is 24.1. The Morgan fingerprint density at radius 2 is 1.71 bits per heavy atom. The average Bonchev–Trinajstić information content (AvgIpc) is 2.81. The first-order valence-corrected chi connectivity index (χ1v) is 10.2. The molecule has 0 unspecified atom stereocenters. The van der Waals surface area contributed by atoms with E-state index in [1.165, 1.54) is 6.08 Å². The maximum atomic E-state index is 12.2. The summed E-state index contributed by atoms with van der Waals surface area (Å²) in [7, 11) is 0. The van der Waals surface area contributed by atoms with Gasteiger partial charge in [-0.15, -0.1) is 0 Å². The van der Waals surface area contributed by atoms with E-state index in [0.717, 1.165) is 23.3 Å². The highest BCUT2D eigenvalue weighted by molar-refractivity contribution is 6.02. The normalized spacial score (nSPS) is 10.6. The molecule has 1 amide bonds. The van der Waals surface area contributed by atoms with Crippen LogP contribution >= 0.6 is 0 Å². The van der Waals surface area contributed by atoms with Gasteiger partial charge in [-0.1, -0.05) is 55.5 Å². The van der Waals surface area contributed by atoms with Crippen molar-refractivity contribution >= 4 is 23.6 Å². The Bertz CT molecular complexity index is 1030. The third-order valence-electron chi connectivity index (χ3n) is 4.36. The molecule has 0 bridgehead atoms. The van der Waals surface area contributed by atoms with Crippen molar-refractivity contribution < 1.29 is 19.1 Å². The van der Waals surface area contributed by atoms with Gasteiger partial charge in [-0.25, -0.2) is 4.79 Å². The van der Waals surface area contributed by atoms with Crippen LogP contribution in [0.25, 0.3) is 6.08 Å². The Balaban J connectivity index is 1.52. The molecule has 31 heavy (non-hydrogen) atoms. The summed E-state index contributed by atoms with van der Waals surface area (Å²) in [6.45, 7) is 2.80. The predicted octanol–water partition coefficient (Wildman–Crippen LogP) is 5.48. The Hall–Kier alpha value is -3.86. The van der Waals surface area contributed by atoms with Crippen LogP contribution in [0.3, 0.4) is 0 Å². The number of hydrogen-bond donors (Lipinski definition) is 1. The fourth-order valence-corrected chi connectivity index (χ4v) is 2.77. The minimum atomic E-state index is -0.400. The number of carbonyl (C=O) groups is 2. The topological polar surface area (TPSA) is 64.6 Å². The van der Waals surface area contributed by atoms with Gasteiger partial charge in [-0.05, 0) is 54.0 Å². The quantitative estimate of drug-likeness (QED) is 0.371. The van der Waals surface area contributed by atoms with Crippen molar-refractivity contribution in [1.82, 2.24) is 0 Å². The molecule has 5 heteroatoms. The Morgan fingerprint density at radius 1 is 0.935 bits per heavy atom. The van der Waals surface area contributed by atoms with Gasteiger partial charge >= 0.3 is 5.97 Å². The van der Waals surface area contributed by atoms with Crippen molar-refractivity contribution in [2.45, 2.75) is 20.0 Å². The van der Waals surface area contributed by atoms with Gasteiger partial charge < -0.3 is 14.8 Å². The lowest BCUT2D eigenvalue weighted by molar-refractivity contribution is -0.111. The second-order valence-electron chi connectivity index (χ2n) is 6.88. The first-order valence-electron chi connectivity index (χ1n) is 10.2. The highest BCUT2D eigenvalue weighted by Gasteiger charge is 2.08. The van der Waals surface area contributed by atoms with Gasteiger partial charge in [-0.2, -0.15) is 0 Å². The third-order valence-corrected chi connectivity index (χ3v) is 4.36. The number of rotatable bonds is 9. The summed E-state index contributed by atoms with van der Waals surface area (Å²) in [4.78, 5) is 24.2. The van der Waals surface area contributed by atoms with Crippen LogP contribution in [0.5, 0.6) is 5.75 Å². The van der Waals surface area contributed by atoms with Crippen molar-refractivity contribution in [2.24, 2.45) is 0 Å². The number of nitrogens with one attached hydrogen (secondary N) is 1. The molecule has 3 aromatic rings. The van der Waals surface area contributed by atoms with E-state index in [0.29, 0.717) is 24.5 Å². The minimum Gasteiger partial charge on any atom is -0.489 e. The molecule has 158 valence electrons. The summed E-state index contributed by atoms with van der Waals surface area (Å²) in [6.07, 6.45) is 3.92. The average molecular weight is 415 g/mol. The van der Waals surface area contributed by atoms with E-state index in [9.17, 15) is 9.59 Å². The molecule has 1 N–H and O–H groups in total. The van der Waals surface area contributed by atoms with E-state index in [-0.39, 0.29) is 5.91 Å². The standard InChI is InChI=1S/C26H25NO4/c1-2-17-30-26(29)22-9-6-10-23(18-22)27-25(28)16-13-20-11-14-24(15-12-20)31-19-21-7-4-3-5-8-21/h3-16,18H,2,17,19H2,1H3,(H,27,28). The number of anilines is 1. The van der Waals surface area contributed by atoms with Crippen LogP contribution in [0.1, 0.15) is 34.8 Å². The summed E-state index contributed by atoms with van der Waals surface area (Å²) in [5.74, 6) is 0.0729. The van der Waals surface area contributed by atoms with Gasteiger partial charge in [-0.3, -0.25) is 4.79 Å². The first kappa shape index (κ1) is 21.8. The van der Waals surface area contributed by atoms with E-state index >= 15 is 0 Å². The Labute approximate surface area is 182 Å². The van der Waals surface area contributed by atoms with E-state index in [2.05, 4.69) is 5.32 Å². The molecule has 0 aliphatic rings. The summed E-state index contributed by atoms with van der Waals surface area (Å²) in [5.41, 5.74) is 2.91. The molecular formula is C26H25NO4. The molecule has 5 nitrogen and oxygen atoms in total. The van der Waals surface area contributed by atoms with Crippen molar-refractivity contribution in [3.05, 3.63) is 102 Å². The zero-order chi connectivity index (χ0) is 21.9. The van der Waals surface area contributed by atoms with E-state index < -0.39 is 5.97 Å². The molecule has 0 spiro atoms. The molecule has 0 aliphatic carbocycles. The SMILES string of the molecule is CCCOC(=O)c1cccc(NC(=O)C=Cc2ccc(OCc3ccccc3)cc2)c1. The Kier molecular flexibility index (Phi) is 8.00. The maximum Gasteiger partial charge on any atom is 0.338 e. The number of esters is 1. The third kappa shape index (κ3) is 7.16. The van der Waals surface area contributed by atoms with Gasteiger partial charge in [0.15, 0.2) is 0 Å². The largest absolute Gasteiger partial charge is 0.489 e. The molecule has 3 rings (SSSR count). The summed E-state index contributed by atoms with van der Waals surface area (Å²) in [5, 5.41) is 2.76. The highest BCUT2D eigenvalue weighted by Crippen LogP contribution is 2.16.